The first-order chi connectivity index (χ1) is 15.5. The maximum Gasteiger partial charge on any atom is 0.335 e. The molecule has 1 saturated carbocycles. The first-order valence-electron chi connectivity index (χ1n) is 11.7. The molecular formula is C27H32ClNO3. The maximum absolute atomic E-state index is 11.7. The zero-order valence-corrected chi connectivity index (χ0v) is 19.5. The molecule has 4 rings (SSSR count). The van der Waals surface area contributed by atoms with E-state index in [4.69, 9.17) is 16.3 Å². The fraction of sp³-hybridized carbons (Fsp3) is 0.444. The fourth-order valence-electron chi connectivity index (χ4n) is 4.84. The Bertz CT molecular complexity index is 987. The number of benzene rings is 2. The smallest absolute Gasteiger partial charge is 0.335 e. The van der Waals surface area contributed by atoms with E-state index in [1.54, 1.807) is 12.1 Å². The van der Waals surface area contributed by atoms with E-state index in [-0.39, 0.29) is 0 Å². The number of allylic oxidation sites excluding steroid dienone is 2. The van der Waals surface area contributed by atoms with Crippen LogP contribution in [0.4, 0.5) is 5.69 Å². The molecule has 1 N–H and O–H groups in total. The Kier molecular flexibility index (Phi) is 7.41. The number of nitrogens with zero attached hydrogens (tertiary/aromatic N) is 1. The predicted molar refractivity (Wildman–Crippen MR) is 130 cm³/mol. The molecule has 2 atom stereocenters. The van der Waals surface area contributed by atoms with E-state index >= 15 is 0 Å². The van der Waals surface area contributed by atoms with Crippen LogP contribution in [0.25, 0.3) is 0 Å². The third-order valence-electron chi connectivity index (χ3n) is 6.88. The van der Waals surface area contributed by atoms with E-state index in [1.807, 2.05) is 12.1 Å². The number of halogens is 1. The number of anilines is 1. The van der Waals surface area contributed by atoms with Crippen molar-refractivity contribution >= 4 is 23.3 Å². The second-order valence-electron chi connectivity index (χ2n) is 8.99. The zero-order valence-electron chi connectivity index (χ0n) is 18.7. The Morgan fingerprint density at radius 1 is 1.16 bits per heavy atom. The number of fused-ring (bicyclic) bond motifs is 2. The molecule has 170 valence electrons. The molecule has 0 spiro atoms. The first-order valence-corrected chi connectivity index (χ1v) is 12.1. The van der Waals surface area contributed by atoms with Gasteiger partial charge in [-0.25, -0.2) is 4.79 Å². The number of hydrogen-bond acceptors (Lipinski definition) is 3. The van der Waals surface area contributed by atoms with Crippen molar-refractivity contribution in [2.45, 2.75) is 52.0 Å². The van der Waals surface area contributed by atoms with Gasteiger partial charge in [-0.1, -0.05) is 29.8 Å². The quantitative estimate of drug-likeness (QED) is 0.508. The monoisotopic (exact) mass is 453 g/mol. The van der Waals surface area contributed by atoms with Gasteiger partial charge in [0.15, 0.2) is 0 Å². The van der Waals surface area contributed by atoms with Crippen molar-refractivity contribution in [1.82, 2.24) is 0 Å². The van der Waals surface area contributed by atoms with Crippen LogP contribution in [0.5, 0.6) is 5.75 Å². The molecule has 0 amide bonds. The van der Waals surface area contributed by atoms with Crippen molar-refractivity contribution < 1.29 is 14.6 Å². The number of carbonyl (C=O) groups is 1. The molecule has 0 bridgehead atoms. The summed E-state index contributed by atoms with van der Waals surface area (Å²) < 4.78 is 6.16. The fourth-order valence-corrected chi connectivity index (χ4v) is 5.03. The van der Waals surface area contributed by atoms with Gasteiger partial charge in [0.25, 0.3) is 0 Å². The first kappa shape index (κ1) is 22.7. The summed E-state index contributed by atoms with van der Waals surface area (Å²) in [6.07, 6.45) is 10.9. The van der Waals surface area contributed by atoms with Crippen LogP contribution in [0, 0.1) is 11.8 Å². The van der Waals surface area contributed by atoms with Crippen LogP contribution in [0.2, 0.25) is 5.02 Å². The van der Waals surface area contributed by atoms with Crippen LogP contribution in [-0.2, 0) is 13.0 Å². The lowest BCUT2D eigenvalue weighted by Crippen LogP contribution is -2.38. The molecule has 0 aromatic heterocycles. The van der Waals surface area contributed by atoms with E-state index in [9.17, 15) is 9.90 Å². The number of hydrogen-bond donors (Lipinski definition) is 1. The second-order valence-corrected chi connectivity index (χ2v) is 9.43. The summed E-state index contributed by atoms with van der Waals surface area (Å²) in [6.45, 7) is 4.31. The van der Waals surface area contributed by atoms with Crippen molar-refractivity contribution in [1.29, 1.82) is 0 Å². The summed E-state index contributed by atoms with van der Waals surface area (Å²) >= 11 is 6.32. The lowest BCUT2D eigenvalue weighted by Gasteiger charge is -2.41. The molecule has 4 nitrogen and oxygen atoms in total. The highest BCUT2D eigenvalue weighted by Gasteiger charge is 2.32. The third-order valence-corrected chi connectivity index (χ3v) is 7.11. The molecular weight excluding hydrogens is 422 g/mol. The van der Waals surface area contributed by atoms with E-state index in [2.05, 4.69) is 36.1 Å². The number of carboxylic acid groups (broad SMARTS) is 1. The van der Waals surface area contributed by atoms with Crippen LogP contribution in [0.15, 0.2) is 48.6 Å². The summed E-state index contributed by atoms with van der Waals surface area (Å²) in [5.41, 5.74) is 3.71. The average molecular weight is 454 g/mol. The SMILES string of the molecule is C/C=C/C[C@@H]1CC[C@H]1CN1Cc2ccc(Cl)cc2CCCCOc2ccc(C(=O)O)cc21. The Hall–Kier alpha value is -2.46. The van der Waals surface area contributed by atoms with Crippen LogP contribution in [0.1, 0.15) is 60.5 Å². The normalized spacial score (nSPS) is 21.1. The zero-order chi connectivity index (χ0) is 22.5. The molecule has 2 aromatic rings. The van der Waals surface area contributed by atoms with Crippen LogP contribution < -0.4 is 9.64 Å². The van der Waals surface area contributed by atoms with Crippen molar-refractivity contribution in [2.24, 2.45) is 11.8 Å². The molecule has 1 heterocycles. The van der Waals surface area contributed by atoms with Gasteiger partial charge in [-0.3, -0.25) is 0 Å². The lowest BCUT2D eigenvalue weighted by molar-refractivity contribution is 0.0697. The van der Waals surface area contributed by atoms with Crippen molar-refractivity contribution in [3.05, 3.63) is 70.3 Å². The molecule has 0 saturated heterocycles. The van der Waals surface area contributed by atoms with Gasteiger partial charge in [0, 0.05) is 18.1 Å². The highest BCUT2D eigenvalue weighted by Crippen LogP contribution is 2.41. The number of carboxylic acids is 1. The highest BCUT2D eigenvalue weighted by atomic mass is 35.5. The van der Waals surface area contributed by atoms with E-state index in [1.165, 1.54) is 24.0 Å². The van der Waals surface area contributed by atoms with Gasteiger partial charge in [0.1, 0.15) is 5.75 Å². The minimum atomic E-state index is -0.913. The molecule has 2 aromatic carbocycles. The molecule has 5 heteroatoms. The average Bonchev–Trinajstić information content (AvgIpc) is 2.79. The molecule has 0 radical (unpaired) electrons. The minimum absolute atomic E-state index is 0.294. The van der Waals surface area contributed by atoms with Gasteiger partial charge in [0.2, 0.25) is 0 Å². The van der Waals surface area contributed by atoms with Gasteiger partial charge in [0.05, 0.1) is 17.9 Å². The van der Waals surface area contributed by atoms with Gasteiger partial charge in [-0.15, -0.1) is 0 Å². The molecule has 0 unspecified atom stereocenters. The van der Waals surface area contributed by atoms with Crippen molar-refractivity contribution in [2.75, 3.05) is 18.1 Å². The Morgan fingerprint density at radius 3 is 2.75 bits per heavy atom. The summed E-state index contributed by atoms with van der Waals surface area (Å²) in [6, 6.07) is 11.4. The second kappa shape index (κ2) is 10.4. The summed E-state index contributed by atoms with van der Waals surface area (Å²) in [7, 11) is 0. The summed E-state index contributed by atoms with van der Waals surface area (Å²) in [4.78, 5) is 14.1. The summed E-state index contributed by atoms with van der Waals surface area (Å²) in [5.74, 6) is 1.13. The Labute approximate surface area is 195 Å². The molecule has 2 aliphatic rings. The van der Waals surface area contributed by atoms with Crippen molar-refractivity contribution in [3.8, 4) is 5.75 Å². The minimum Gasteiger partial charge on any atom is -0.491 e. The lowest BCUT2D eigenvalue weighted by atomic mass is 9.71. The summed E-state index contributed by atoms with van der Waals surface area (Å²) in [5, 5.41) is 10.4. The largest absolute Gasteiger partial charge is 0.491 e. The number of aryl methyl sites for hydroxylation is 1. The van der Waals surface area contributed by atoms with Crippen molar-refractivity contribution in [3.63, 3.8) is 0 Å². The van der Waals surface area contributed by atoms with Gasteiger partial charge in [-0.05, 0) is 98.7 Å². The molecule has 32 heavy (non-hydrogen) atoms. The van der Waals surface area contributed by atoms with Gasteiger partial charge < -0.3 is 14.7 Å². The van der Waals surface area contributed by atoms with Crippen LogP contribution in [-0.4, -0.2) is 24.2 Å². The number of aromatic carboxylic acids is 1. The van der Waals surface area contributed by atoms with Gasteiger partial charge >= 0.3 is 5.97 Å². The predicted octanol–water partition coefficient (Wildman–Crippen LogP) is 6.75. The Morgan fingerprint density at radius 2 is 2.00 bits per heavy atom. The van der Waals surface area contributed by atoms with Gasteiger partial charge in [-0.2, -0.15) is 0 Å². The van der Waals surface area contributed by atoms with Crippen LogP contribution in [0.3, 0.4) is 0 Å². The Balaban J connectivity index is 1.72. The van der Waals surface area contributed by atoms with E-state index < -0.39 is 5.97 Å². The molecule has 1 aliphatic heterocycles. The molecule has 1 aliphatic carbocycles. The third kappa shape index (κ3) is 5.29. The van der Waals surface area contributed by atoms with E-state index in [0.717, 1.165) is 55.2 Å². The number of ether oxygens (including phenoxy) is 1. The highest BCUT2D eigenvalue weighted by molar-refractivity contribution is 6.30. The molecule has 1 fully saturated rings. The maximum atomic E-state index is 11.7. The van der Waals surface area contributed by atoms with E-state index in [0.29, 0.717) is 24.0 Å². The van der Waals surface area contributed by atoms with Crippen LogP contribution >= 0.6 is 11.6 Å². The number of rotatable bonds is 5. The standard InChI is InChI=1S/C27H32ClNO3/c1-2-3-6-19-8-9-22(19)17-29-18-23-10-12-24(28)15-20(23)7-4-5-14-32-26-13-11-21(27(30)31)16-25(26)29/h2-3,10-13,15-16,19,22H,4-9,14,17-18H2,1H3,(H,30,31)/b3-2+/t19-,22+/m1/s1. The topological polar surface area (TPSA) is 49.8 Å².